The van der Waals surface area contributed by atoms with Crippen molar-refractivity contribution in [1.82, 2.24) is 10.3 Å². The zero-order chi connectivity index (χ0) is 24.1. The molecule has 1 heterocycles. The molecule has 8 nitrogen and oxygen atoms in total. The van der Waals surface area contributed by atoms with Crippen molar-refractivity contribution in [3.63, 3.8) is 0 Å². The molecule has 1 aromatic carbocycles. The van der Waals surface area contributed by atoms with E-state index >= 15 is 0 Å². The second-order valence-electron chi connectivity index (χ2n) is 7.86. The SMILES string of the molecule is CCC(=O)Oc1c(OC)ccnc1C(=O)N[C@@H](C)C(=O)OC1CCc2cc(F)ccc2C1C. The molecule has 176 valence electrons. The molecule has 2 unspecified atom stereocenters. The molecule has 1 amide bonds. The van der Waals surface area contributed by atoms with Crippen LogP contribution < -0.4 is 14.8 Å². The average Bonchev–Trinajstić information content (AvgIpc) is 2.80. The normalized spacial score (nSPS) is 18.0. The first kappa shape index (κ1) is 24.2. The molecule has 0 radical (unpaired) electrons. The van der Waals surface area contributed by atoms with Crippen LogP contribution in [0, 0.1) is 5.82 Å². The predicted octanol–water partition coefficient (Wildman–Crippen LogP) is 3.32. The Balaban J connectivity index is 1.68. The largest absolute Gasteiger partial charge is 0.493 e. The number of halogens is 1. The van der Waals surface area contributed by atoms with Crippen molar-refractivity contribution in [3.8, 4) is 11.5 Å². The predicted molar refractivity (Wildman–Crippen MR) is 117 cm³/mol. The van der Waals surface area contributed by atoms with Gasteiger partial charge in [0.1, 0.15) is 18.0 Å². The number of fused-ring (bicyclic) bond motifs is 1. The van der Waals surface area contributed by atoms with E-state index in [9.17, 15) is 18.8 Å². The quantitative estimate of drug-likeness (QED) is 0.635. The van der Waals surface area contributed by atoms with Crippen LogP contribution in [0.1, 0.15) is 61.1 Å². The highest BCUT2D eigenvalue weighted by Crippen LogP contribution is 2.34. The molecule has 0 spiro atoms. The van der Waals surface area contributed by atoms with Gasteiger partial charge in [0, 0.05) is 24.6 Å². The minimum atomic E-state index is -0.984. The third-order valence-electron chi connectivity index (χ3n) is 5.63. The highest BCUT2D eigenvalue weighted by atomic mass is 19.1. The molecule has 0 saturated heterocycles. The number of hydrogen-bond acceptors (Lipinski definition) is 7. The second kappa shape index (κ2) is 10.4. The first-order valence-electron chi connectivity index (χ1n) is 10.8. The van der Waals surface area contributed by atoms with Gasteiger partial charge >= 0.3 is 11.9 Å². The molecule has 1 aliphatic rings. The van der Waals surface area contributed by atoms with Crippen molar-refractivity contribution in [2.45, 2.75) is 58.1 Å². The van der Waals surface area contributed by atoms with Gasteiger partial charge < -0.3 is 19.5 Å². The molecule has 3 rings (SSSR count). The fourth-order valence-electron chi connectivity index (χ4n) is 3.76. The lowest BCUT2D eigenvalue weighted by molar-refractivity contribution is -0.152. The van der Waals surface area contributed by atoms with Gasteiger partial charge in [-0.3, -0.25) is 9.59 Å². The number of ether oxygens (including phenoxy) is 3. The van der Waals surface area contributed by atoms with E-state index in [4.69, 9.17) is 14.2 Å². The summed E-state index contributed by atoms with van der Waals surface area (Å²) in [6.07, 6.45) is 2.18. The summed E-state index contributed by atoms with van der Waals surface area (Å²) in [4.78, 5) is 41.3. The fourth-order valence-corrected chi connectivity index (χ4v) is 3.76. The summed E-state index contributed by atoms with van der Waals surface area (Å²) < 4.78 is 29.6. The molecule has 3 atom stereocenters. The lowest BCUT2D eigenvalue weighted by atomic mass is 9.82. The number of benzene rings is 1. The van der Waals surface area contributed by atoms with E-state index in [0.29, 0.717) is 12.8 Å². The van der Waals surface area contributed by atoms with Crippen LogP contribution in [0.2, 0.25) is 0 Å². The Morgan fingerprint density at radius 2 is 2.03 bits per heavy atom. The summed E-state index contributed by atoms with van der Waals surface area (Å²) in [6.45, 7) is 5.03. The van der Waals surface area contributed by atoms with Gasteiger partial charge in [-0.25, -0.2) is 14.2 Å². The molecule has 1 N–H and O–H groups in total. The van der Waals surface area contributed by atoms with Gasteiger partial charge in [-0.2, -0.15) is 0 Å². The number of esters is 2. The first-order valence-corrected chi connectivity index (χ1v) is 10.8. The molecule has 0 fully saturated rings. The van der Waals surface area contributed by atoms with Crippen molar-refractivity contribution in [1.29, 1.82) is 0 Å². The number of pyridine rings is 1. The Morgan fingerprint density at radius 3 is 2.73 bits per heavy atom. The third kappa shape index (κ3) is 5.47. The van der Waals surface area contributed by atoms with Crippen molar-refractivity contribution >= 4 is 17.8 Å². The van der Waals surface area contributed by atoms with Crippen LogP contribution in [0.25, 0.3) is 0 Å². The van der Waals surface area contributed by atoms with Gasteiger partial charge in [0.05, 0.1) is 7.11 Å². The standard InChI is InChI=1S/C24H27FN2O6/c1-5-20(28)33-22-19(31-4)10-11-26-21(22)23(29)27-14(3)24(30)32-18-9-6-15-12-16(25)7-8-17(15)13(18)2/h7-8,10-14,18H,5-6,9H2,1-4H3,(H,27,29)/t13?,14-,18?/m0/s1. The molecule has 0 aliphatic heterocycles. The molecule has 1 aromatic heterocycles. The lowest BCUT2D eigenvalue weighted by Gasteiger charge is -2.31. The molecule has 2 aromatic rings. The molecule has 1 aliphatic carbocycles. The van der Waals surface area contributed by atoms with E-state index in [2.05, 4.69) is 10.3 Å². The monoisotopic (exact) mass is 458 g/mol. The molecule has 0 saturated carbocycles. The summed E-state index contributed by atoms with van der Waals surface area (Å²) >= 11 is 0. The van der Waals surface area contributed by atoms with Gasteiger partial charge in [-0.1, -0.05) is 19.9 Å². The third-order valence-corrected chi connectivity index (χ3v) is 5.63. The van der Waals surface area contributed by atoms with Crippen molar-refractivity contribution < 1.29 is 33.0 Å². The van der Waals surface area contributed by atoms with Crippen LogP contribution in [0.3, 0.4) is 0 Å². The number of nitrogens with zero attached hydrogens (tertiary/aromatic N) is 1. The summed E-state index contributed by atoms with van der Waals surface area (Å²) in [5.74, 6) is -2.23. The Bertz CT molecular complexity index is 1060. The van der Waals surface area contributed by atoms with Crippen LogP contribution in [0.5, 0.6) is 11.5 Å². The lowest BCUT2D eigenvalue weighted by Crippen LogP contribution is -2.42. The van der Waals surface area contributed by atoms with Gasteiger partial charge in [0.2, 0.25) is 5.75 Å². The minimum Gasteiger partial charge on any atom is -0.493 e. The number of carbonyl (C=O) groups excluding carboxylic acids is 3. The van der Waals surface area contributed by atoms with Crippen molar-refractivity contribution in [2.75, 3.05) is 7.11 Å². The number of rotatable bonds is 7. The number of nitrogens with one attached hydrogen (secondary N) is 1. The summed E-state index contributed by atoms with van der Waals surface area (Å²) in [5, 5.41) is 2.54. The van der Waals surface area contributed by atoms with E-state index < -0.39 is 30.0 Å². The highest BCUT2D eigenvalue weighted by Gasteiger charge is 2.32. The van der Waals surface area contributed by atoms with Crippen molar-refractivity contribution in [3.05, 3.63) is 53.1 Å². The molecule has 9 heteroatoms. The molecule has 0 bridgehead atoms. The maximum Gasteiger partial charge on any atom is 0.328 e. The van der Waals surface area contributed by atoms with E-state index in [-0.39, 0.29) is 35.3 Å². The Hall–Kier alpha value is -3.49. The summed E-state index contributed by atoms with van der Waals surface area (Å²) in [7, 11) is 1.37. The smallest absolute Gasteiger partial charge is 0.328 e. The summed E-state index contributed by atoms with van der Waals surface area (Å²) in [5.41, 5.74) is 1.67. The topological polar surface area (TPSA) is 104 Å². The van der Waals surface area contributed by atoms with E-state index in [1.54, 1.807) is 13.0 Å². The highest BCUT2D eigenvalue weighted by molar-refractivity contribution is 5.98. The van der Waals surface area contributed by atoms with Gasteiger partial charge in [-0.05, 0) is 43.0 Å². The van der Waals surface area contributed by atoms with E-state index in [1.165, 1.54) is 38.4 Å². The zero-order valence-corrected chi connectivity index (χ0v) is 19.0. The van der Waals surface area contributed by atoms with Crippen LogP contribution in [-0.2, 0) is 20.7 Å². The van der Waals surface area contributed by atoms with Crippen LogP contribution in [-0.4, -0.2) is 42.1 Å². The maximum atomic E-state index is 13.5. The van der Waals surface area contributed by atoms with Gasteiger partial charge in [-0.15, -0.1) is 0 Å². The number of hydrogen-bond donors (Lipinski definition) is 1. The number of aryl methyl sites for hydroxylation is 1. The number of methoxy groups -OCH3 is 1. The van der Waals surface area contributed by atoms with Gasteiger partial charge in [0.15, 0.2) is 11.4 Å². The van der Waals surface area contributed by atoms with Crippen LogP contribution >= 0.6 is 0 Å². The Kier molecular flexibility index (Phi) is 7.63. The second-order valence-corrected chi connectivity index (χ2v) is 7.86. The van der Waals surface area contributed by atoms with E-state index in [1.807, 2.05) is 6.92 Å². The molecular weight excluding hydrogens is 431 g/mol. The Morgan fingerprint density at radius 1 is 1.27 bits per heavy atom. The molecule has 33 heavy (non-hydrogen) atoms. The van der Waals surface area contributed by atoms with Gasteiger partial charge in [0.25, 0.3) is 5.91 Å². The van der Waals surface area contributed by atoms with E-state index in [0.717, 1.165) is 11.1 Å². The van der Waals surface area contributed by atoms with Crippen molar-refractivity contribution in [2.24, 2.45) is 0 Å². The minimum absolute atomic E-state index is 0.0944. The first-order chi connectivity index (χ1) is 15.7. The number of aromatic nitrogens is 1. The summed E-state index contributed by atoms with van der Waals surface area (Å²) in [6, 6.07) is 5.10. The number of amides is 1. The fraction of sp³-hybridized carbons (Fsp3) is 0.417. The molecular formula is C24H27FN2O6. The number of carbonyl (C=O) groups is 3. The van der Waals surface area contributed by atoms with Crippen LogP contribution in [0.15, 0.2) is 30.5 Å². The average molecular weight is 458 g/mol. The van der Waals surface area contributed by atoms with Crippen LogP contribution in [0.4, 0.5) is 4.39 Å². The zero-order valence-electron chi connectivity index (χ0n) is 19.0. The maximum absolute atomic E-state index is 13.5. The Labute approximate surface area is 191 Å².